The van der Waals surface area contributed by atoms with E-state index in [1.54, 1.807) is 17.0 Å². The van der Waals surface area contributed by atoms with Gasteiger partial charge in [0.05, 0.1) is 5.02 Å². The lowest BCUT2D eigenvalue weighted by atomic mass is 9.95. The zero-order valence-electron chi connectivity index (χ0n) is 17.2. The summed E-state index contributed by atoms with van der Waals surface area (Å²) < 4.78 is 11.1. The number of carbonyl (C=O) groups excluding carboxylic acids is 2. The van der Waals surface area contributed by atoms with Crippen molar-refractivity contribution in [2.45, 2.75) is 19.4 Å². The highest BCUT2D eigenvalue weighted by Crippen LogP contribution is 2.38. The van der Waals surface area contributed by atoms with Crippen LogP contribution in [0.1, 0.15) is 24.0 Å². The first kappa shape index (κ1) is 21.2. The molecule has 2 aliphatic heterocycles. The standard InChI is InChI=1S/C24H25ClN2O4/c25-20-14-18(15-21-23(20)31-13-12-30-21)16-26-24(29)19-8-10-27(11-9-19)22(28)7-6-17-4-2-1-3-5-17/h1-7,14-15,19H,8-13,16H2,(H,26,29)/b7-6+. The lowest BCUT2D eigenvalue weighted by molar-refractivity contribution is -0.132. The molecule has 0 radical (unpaired) electrons. The minimum Gasteiger partial charge on any atom is -0.486 e. The summed E-state index contributed by atoms with van der Waals surface area (Å²) in [4.78, 5) is 26.8. The highest BCUT2D eigenvalue weighted by molar-refractivity contribution is 6.32. The molecule has 1 saturated heterocycles. The minimum absolute atomic E-state index is 0.00191. The predicted molar refractivity (Wildman–Crippen MR) is 119 cm³/mol. The Labute approximate surface area is 186 Å². The molecule has 0 saturated carbocycles. The lowest BCUT2D eigenvalue weighted by Crippen LogP contribution is -2.42. The van der Waals surface area contributed by atoms with Crippen molar-refractivity contribution in [3.63, 3.8) is 0 Å². The number of benzene rings is 2. The number of halogens is 1. The van der Waals surface area contributed by atoms with Gasteiger partial charge in [0.15, 0.2) is 11.5 Å². The van der Waals surface area contributed by atoms with Gasteiger partial charge in [-0.25, -0.2) is 0 Å². The Morgan fingerprint density at radius 3 is 2.61 bits per heavy atom. The van der Waals surface area contributed by atoms with Gasteiger partial charge in [0.25, 0.3) is 0 Å². The van der Waals surface area contributed by atoms with Crippen molar-refractivity contribution in [1.29, 1.82) is 0 Å². The summed E-state index contributed by atoms with van der Waals surface area (Å²) in [5.74, 6) is 1.04. The van der Waals surface area contributed by atoms with Crippen molar-refractivity contribution in [3.8, 4) is 11.5 Å². The first-order chi connectivity index (χ1) is 15.1. The van der Waals surface area contributed by atoms with Crippen molar-refractivity contribution >= 4 is 29.5 Å². The quantitative estimate of drug-likeness (QED) is 0.720. The maximum absolute atomic E-state index is 12.6. The van der Waals surface area contributed by atoms with Crippen LogP contribution in [0.5, 0.6) is 11.5 Å². The molecule has 0 spiro atoms. The van der Waals surface area contributed by atoms with Crippen LogP contribution in [0.4, 0.5) is 0 Å². The summed E-state index contributed by atoms with van der Waals surface area (Å²) in [5, 5.41) is 3.47. The molecular weight excluding hydrogens is 416 g/mol. The fourth-order valence-electron chi connectivity index (χ4n) is 3.80. The second kappa shape index (κ2) is 9.88. The summed E-state index contributed by atoms with van der Waals surface area (Å²) in [7, 11) is 0. The highest BCUT2D eigenvalue weighted by atomic mass is 35.5. The first-order valence-electron chi connectivity index (χ1n) is 10.5. The first-order valence-corrected chi connectivity index (χ1v) is 10.9. The molecule has 0 aromatic heterocycles. The SMILES string of the molecule is O=C(NCc1cc(Cl)c2c(c1)OCCO2)C1CCN(C(=O)/C=C/c2ccccc2)CC1. The number of hydrogen-bond donors (Lipinski definition) is 1. The molecule has 7 heteroatoms. The van der Waals surface area contributed by atoms with Crippen molar-refractivity contribution in [2.24, 2.45) is 5.92 Å². The van der Waals surface area contributed by atoms with E-state index in [0.717, 1.165) is 11.1 Å². The van der Waals surface area contributed by atoms with E-state index in [-0.39, 0.29) is 17.7 Å². The van der Waals surface area contributed by atoms with E-state index in [2.05, 4.69) is 5.32 Å². The summed E-state index contributed by atoms with van der Waals surface area (Å²) >= 11 is 6.26. The maximum atomic E-state index is 12.6. The van der Waals surface area contributed by atoms with Gasteiger partial charge in [0, 0.05) is 31.6 Å². The molecule has 2 aliphatic rings. The Morgan fingerprint density at radius 1 is 1.10 bits per heavy atom. The van der Waals surface area contributed by atoms with Crippen molar-refractivity contribution in [1.82, 2.24) is 10.2 Å². The molecule has 0 aliphatic carbocycles. The van der Waals surface area contributed by atoms with Crippen LogP contribution in [-0.4, -0.2) is 43.0 Å². The molecule has 2 aromatic rings. The van der Waals surface area contributed by atoms with Gasteiger partial charge in [-0.1, -0.05) is 41.9 Å². The predicted octanol–water partition coefficient (Wildman–Crippen LogP) is 3.68. The monoisotopic (exact) mass is 440 g/mol. The maximum Gasteiger partial charge on any atom is 0.246 e. The topological polar surface area (TPSA) is 67.9 Å². The molecule has 6 nitrogen and oxygen atoms in total. The van der Waals surface area contributed by atoms with Gasteiger partial charge in [-0.05, 0) is 42.2 Å². The van der Waals surface area contributed by atoms with Gasteiger partial charge in [-0.2, -0.15) is 0 Å². The van der Waals surface area contributed by atoms with Gasteiger partial charge in [0.2, 0.25) is 11.8 Å². The Kier molecular flexibility index (Phi) is 6.77. The molecule has 2 aromatic carbocycles. The molecule has 2 amide bonds. The molecule has 0 atom stereocenters. The Bertz CT molecular complexity index is 969. The largest absolute Gasteiger partial charge is 0.486 e. The molecule has 4 rings (SSSR count). The smallest absolute Gasteiger partial charge is 0.246 e. The number of nitrogens with one attached hydrogen (secondary N) is 1. The van der Waals surface area contributed by atoms with Crippen molar-refractivity contribution in [2.75, 3.05) is 26.3 Å². The molecule has 31 heavy (non-hydrogen) atoms. The number of rotatable bonds is 5. The van der Waals surface area contributed by atoms with E-state index in [1.165, 1.54) is 0 Å². The third-order valence-corrected chi connectivity index (χ3v) is 5.80. The van der Waals surface area contributed by atoms with Gasteiger partial charge in [0.1, 0.15) is 13.2 Å². The average Bonchev–Trinajstić information content (AvgIpc) is 2.82. The third kappa shape index (κ3) is 5.39. The van der Waals surface area contributed by atoms with Crippen LogP contribution < -0.4 is 14.8 Å². The van der Waals surface area contributed by atoms with Crippen LogP contribution in [0.2, 0.25) is 5.02 Å². The fraction of sp³-hybridized carbons (Fsp3) is 0.333. The number of nitrogens with zero attached hydrogens (tertiary/aromatic N) is 1. The minimum atomic E-state index is -0.102. The van der Waals surface area contributed by atoms with Crippen molar-refractivity contribution in [3.05, 3.63) is 64.7 Å². The van der Waals surface area contributed by atoms with E-state index in [4.69, 9.17) is 21.1 Å². The summed E-state index contributed by atoms with van der Waals surface area (Å²) in [6.07, 6.45) is 4.72. The molecule has 162 valence electrons. The van der Waals surface area contributed by atoms with E-state index in [0.29, 0.717) is 62.2 Å². The zero-order chi connectivity index (χ0) is 21.6. The third-order valence-electron chi connectivity index (χ3n) is 5.52. The van der Waals surface area contributed by atoms with Crippen LogP contribution in [0.3, 0.4) is 0 Å². The van der Waals surface area contributed by atoms with E-state index >= 15 is 0 Å². The van der Waals surface area contributed by atoms with E-state index in [9.17, 15) is 9.59 Å². The summed E-state index contributed by atoms with van der Waals surface area (Å²) in [6, 6.07) is 13.4. The Balaban J connectivity index is 1.25. The average molecular weight is 441 g/mol. The van der Waals surface area contributed by atoms with Gasteiger partial charge >= 0.3 is 0 Å². The normalized spacial score (nSPS) is 16.4. The van der Waals surface area contributed by atoms with E-state index in [1.807, 2.05) is 42.5 Å². The second-order valence-electron chi connectivity index (χ2n) is 7.66. The van der Waals surface area contributed by atoms with Crippen molar-refractivity contribution < 1.29 is 19.1 Å². The lowest BCUT2D eigenvalue weighted by Gasteiger charge is -2.30. The molecule has 1 N–H and O–H groups in total. The number of likely N-dealkylation sites (tertiary alicyclic amines) is 1. The Hall–Kier alpha value is -2.99. The number of ether oxygens (including phenoxy) is 2. The summed E-state index contributed by atoms with van der Waals surface area (Å²) in [5.41, 5.74) is 1.85. The number of hydrogen-bond acceptors (Lipinski definition) is 4. The number of piperidine rings is 1. The van der Waals surface area contributed by atoms with Crippen LogP contribution in [0.15, 0.2) is 48.5 Å². The fourth-order valence-corrected chi connectivity index (χ4v) is 4.09. The van der Waals surface area contributed by atoms with Crippen LogP contribution >= 0.6 is 11.6 Å². The molecule has 1 fully saturated rings. The number of fused-ring (bicyclic) bond motifs is 1. The van der Waals surface area contributed by atoms with Gasteiger partial charge in [-0.3, -0.25) is 9.59 Å². The number of carbonyl (C=O) groups is 2. The highest BCUT2D eigenvalue weighted by Gasteiger charge is 2.26. The van der Waals surface area contributed by atoms with Crippen LogP contribution in [0, 0.1) is 5.92 Å². The van der Waals surface area contributed by atoms with E-state index < -0.39 is 0 Å². The molecule has 2 heterocycles. The van der Waals surface area contributed by atoms with Crippen LogP contribution in [-0.2, 0) is 16.1 Å². The molecule has 0 unspecified atom stereocenters. The van der Waals surface area contributed by atoms with Gasteiger partial charge in [-0.15, -0.1) is 0 Å². The van der Waals surface area contributed by atoms with Crippen LogP contribution in [0.25, 0.3) is 6.08 Å². The van der Waals surface area contributed by atoms with Gasteiger partial charge < -0.3 is 19.7 Å². The summed E-state index contributed by atoms with van der Waals surface area (Å²) in [6.45, 7) is 2.48. The second-order valence-corrected chi connectivity index (χ2v) is 8.07. The zero-order valence-corrected chi connectivity index (χ0v) is 17.9. The molecular formula is C24H25ClN2O4. The molecule has 0 bridgehead atoms. The Morgan fingerprint density at radius 2 is 1.84 bits per heavy atom. The number of amides is 2.